The summed E-state index contributed by atoms with van der Waals surface area (Å²) < 4.78 is 20.1. The third-order valence-electron chi connectivity index (χ3n) is 4.25. The number of thioether (sulfide) groups is 1. The van der Waals surface area contributed by atoms with E-state index >= 15 is 0 Å². The zero-order valence-electron chi connectivity index (χ0n) is 16.6. The normalized spacial score (nSPS) is 14.8. The molecule has 12 heteroatoms. The Bertz CT molecular complexity index is 1110. The fourth-order valence-electron chi connectivity index (χ4n) is 2.77. The number of imide groups is 1. The molecule has 11 nitrogen and oxygen atoms in total. The molecule has 1 aliphatic rings. The Balaban J connectivity index is 1.89. The minimum Gasteiger partial charge on any atom is -0.496 e. The quantitative estimate of drug-likeness (QED) is 0.268. The number of carbonyl (C=O) groups is 3. The highest BCUT2D eigenvalue weighted by Crippen LogP contribution is 2.39. The van der Waals surface area contributed by atoms with Gasteiger partial charge in [0.15, 0.2) is 0 Å². The fraction of sp³-hybridized carbons (Fsp3) is 0.211. The van der Waals surface area contributed by atoms with E-state index in [4.69, 9.17) is 13.9 Å². The maximum atomic E-state index is 12.7. The number of ether oxygens (including phenoxy) is 3. The highest BCUT2D eigenvalue weighted by Gasteiger charge is 2.36. The Hall–Kier alpha value is -3.80. The van der Waals surface area contributed by atoms with Crippen molar-refractivity contribution in [3.8, 4) is 11.5 Å². The van der Waals surface area contributed by atoms with Crippen molar-refractivity contribution in [1.29, 1.82) is 0 Å². The van der Waals surface area contributed by atoms with E-state index in [2.05, 4.69) is 4.74 Å². The van der Waals surface area contributed by atoms with E-state index in [1.165, 1.54) is 51.7 Å². The van der Waals surface area contributed by atoms with Gasteiger partial charge in [-0.1, -0.05) is 0 Å². The first-order valence-corrected chi connectivity index (χ1v) is 9.43. The molecule has 1 fully saturated rings. The summed E-state index contributed by atoms with van der Waals surface area (Å²) in [5.74, 6) is -0.939. The molecule has 1 saturated heterocycles. The van der Waals surface area contributed by atoms with Gasteiger partial charge in [0.05, 0.1) is 37.7 Å². The molecule has 2 amide bonds. The molecule has 1 aromatic carbocycles. The number of carbonyl (C=O) groups excluding carboxylic acids is 3. The Kier molecular flexibility index (Phi) is 6.30. The zero-order valence-corrected chi connectivity index (χ0v) is 17.4. The first kappa shape index (κ1) is 21.9. The maximum absolute atomic E-state index is 12.7. The molecule has 2 heterocycles. The first-order chi connectivity index (χ1) is 14.8. The van der Waals surface area contributed by atoms with Crippen molar-refractivity contribution in [2.75, 3.05) is 21.3 Å². The van der Waals surface area contributed by atoms with Gasteiger partial charge in [0.1, 0.15) is 11.5 Å². The van der Waals surface area contributed by atoms with Crippen molar-refractivity contribution in [3.05, 3.63) is 56.4 Å². The van der Waals surface area contributed by atoms with Crippen LogP contribution in [0.5, 0.6) is 11.5 Å². The fourth-order valence-corrected chi connectivity index (χ4v) is 3.60. The van der Waals surface area contributed by atoms with Gasteiger partial charge in [-0.15, -0.1) is 0 Å². The van der Waals surface area contributed by atoms with E-state index in [0.29, 0.717) is 11.8 Å². The summed E-state index contributed by atoms with van der Waals surface area (Å²) in [6.07, 6.45) is 1.33. The van der Waals surface area contributed by atoms with Crippen LogP contribution in [0.1, 0.15) is 21.9 Å². The summed E-state index contributed by atoms with van der Waals surface area (Å²) in [6.45, 7) is -0.196. The number of nitrogens with zero attached hydrogens (tertiary/aromatic N) is 2. The molecule has 0 N–H and O–H groups in total. The van der Waals surface area contributed by atoms with Crippen LogP contribution in [0.4, 0.5) is 10.5 Å². The Morgan fingerprint density at radius 1 is 1.19 bits per heavy atom. The molecule has 0 atom stereocenters. The molecule has 1 aliphatic heterocycles. The summed E-state index contributed by atoms with van der Waals surface area (Å²) in [6, 6.07) is 5.35. The SMILES string of the molecule is COC(=O)c1ccc(CN2C(=O)S/C(=C/c3cc([N+](=O)[O-])c(OC)cc3OC)C2=O)o1. The molecular formula is C19H16N2O9S. The van der Waals surface area contributed by atoms with Gasteiger partial charge in [-0.25, -0.2) is 4.79 Å². The van der Waals surface area contributed by atoms with Crippen LogP contribution < -0.4 is 9.47 Å². The smallest absolute Gasteiger partial charge is 0.373 e. The van der Waals surface area contributed by atoms with Crippen LogP contribution in [0.15, 0.2) is 33.6 Å². The molecule has 0 aliphatic carbocycles. The standard InChI is InChI=1S/C19H16N2O9S/c1-27-14-8-15(28-2)12(21(25)26)6-10(14)7-16-17(22)20(19(24)31-16)9-11-4-5-13(30-11)18(23)29-3/h4-8H,9H2,1-3H3/b16-7+. The lowest BCUT2D eigenvalue weighted by atomic mass is 10.1. The minimum absolute atomic E-state index is 0.00802. The second kappa shape index (κ2) is 8.92. The number of esters is 1. The lowest BCUT2D eigenvalue weighted by Gasteiger charge is -2.10. The van der Waals surface area contributed by atoms with Crippen LogP contribution in [0, 0.1) is 10.1 Å². The van der Waals surface area contributed by atoms with Crippen molar-refractivity contribution in [1.82, 2.24) is 4.90 Å². The molecule has 0 radical (unpaired) electrons. The van der Waals surface area contributed by atoms with E-state index in [1.54, 1.807) is 0 Å². The molecule has 0 bridgehead atoms. The first-order valence-electron chi connectivity index (χ1n) is 8.61. The number of nitro benzene ring substituents is 1. The van der Waals surface area contributed by atoms with Crippen LogP contribution in [0.3, 0.4) is 0 Å². The number of hydrogen-bond donors (Lipinski definition) is 0. The summed E-state index contributed by atoms with van der Waals surface area (Å²) in [5.41, 5.74) is -0.0915. The van der Waals surface area contributed by atoms with Gasteiger partial charge in [0, 0.05) is 17.7 Å². The molecule has 0 spiro atoms. The highest BCUT2D eigenvalue weighted by molar-refractivity contribution is 8.18. The Morgan fingerprint density at radius 3 is 2.52 bits per heavy atom. The lowest BCUT2D eigenvalue weighted by molar-refractivity contribution is -0.385. The second-order valence-corrected chi connectivity index (χ2v) is 7.04. The summed E-state index contributed by atoms with van der Waals surface area (Å²) in [5, 5.41) is 10.7. The average molecular weight is 448 g/mol. The van der Waals surface area contributed by atoms with Crippen molar-refractivity contribution >= 4 is 40.6 Å². The second-order valence-electron chi connectivity index (χ2n) is 6.05. The lowest BCUT2D eigenvalue weighted by Crippen LogP contribution is -2.27. The van der Waals surface area contributed by atoms with Gasteiger partial charge in [-0.05, 0) is 30.0 Å². The minimum atomic E-state index is -0.687. The van der Waals surface area contributed by atoms with Crippen LogP contribution in [-0.4, -0.2) is 48.3 Å². The molecule has 3 rings (SSSR count). The Labute approximate surface area is 179 Å². The Morgan fingerprint density at radius 2 is 1.90 bits per heavy atom. The van der Waals surface area contributed by atoms with Gasteiger partial charge in [-0.3, -0.25) is 24.6 Å². The number of furan rings is 1. The summed E-state index contributed by atoms with van der Waals surface area (Å²) >= 11 is 0.665. The van der Waals surface area contributed by atoms with Crippen LogP contribution >= 0.6 is 11.8 Å². The predicted molar refractivity (Wildman–Crippen MR) is 108 cm³/mol. The van der Waals surface area contributed by atoms with Gasteiger partial charge in [0.2, 0.25) is 11.5 Å². The van der Waals surface area contributed by atoms with E-state index in [9.17, 15) is 24.5 Å². The van der Waals surface area contributed by atoms with Crippen LogP contribution in [-0.2, 0) is 16.1 Å². The number of nitro groups is 1. The highest BCUT2D eigenvalue weighted by atomic mass is 32.2. The number of hydrogen-bond acceptors (Lipinski definition) is 10. The zero-order chi connectivity index (χ0) is 22.7. The topological polar surface area (TPSA) is 138 Å². The van der Waals surface area contributed by atoms with Crippen molar-refractivity contribution in [2.45, 2.75) is 6.54 Å². The molecular weight excluding hydrogens is 432 g/mol. The molecule has 0 unspecified atom stereocenters. The van der Waals surface area contributed by atoms with Crippen LogP contribution in [0.2, 0.25) is 0 Å². The number of benzene rings is 1. The van der Waals surface area contributed by atoms with E-state index in [0.717, 1.165) is 4.90 Å². The van der Waals surface area contributed by atoms with Gasteiger partial charge in [0.25, 0.3) is 11.1 Å². The van der Waals surface area contributed by atoms with Gasteiger partial charge in [-0.2, -0.15) is 0 Å². The largest absolute Gasteiger partial charge is 0.496 e. The molecule has 1 aromatic heterocycles. The van der Waals surface area contributed by atoms with Gasteiger partial charge >= 0.3 is 11.7 Å². The number of rotatable bonds is 7. The number of methoxy groups -OCH3 is 3. The van der Waals surface area contributed by atoms with E-state index in [1.807, 2.05) is 0 Å². The van der Waals surface area contributed by atoms with Crippen molar-refractivity contribution < 1.29 is 37.9 Å². The molecule has 2 aromatic rings. The molecule has 162 valence electrons. The molecule has 31 heavy (non-hydrogen) atoms. The summed E-state index contributed by atoms with van der Waals surface area (Å²) in [7, 11) is 3.84. The van der Waals surface area contributed by atoms with Crippen molar-refractivity contribution in [3.63, 3.8) is 0 Å². The van der Waals surface area contributed by atoms with Crippen molar-refractivity contribution in [2.24, 2.45) is 0 Å². The molecule has 0 saturated carbocycles. The third kappa shape index (κ3) is 4.38. The van der Waals surface area contributed by atoms with E-state index < -0.39 is 22.0 Å². The maximum Gasteiger partial charge on any atom is 0.373 e. The average Bonchev–Trinajstić information content (AvgIpc) is 3.33. The summed E-state index contributed by atoms with van der Waals surface area (Å²) in [4.78, 5) is 48.2. The third-order valence-corrected chi connectivity index (χ3v) is 5.16. The van der Waals surface area contributed by atoms with Gasteiger partial charge < -0.3 is 18.6 Å². The van der Waals surface area contributed by atoms with Crippen LogP contribution in [0.25, 0.3) is 6.08 Å². The van der Waals surface area contributed by atoms with E-state index in [-0.39, 0.29) is 45.7 Å². The predicted octanol–water partition coefficient (Wildman–Crippen LogP) is 3.23. The number of amides is 2. The monoisotopic (exact) mass is 448 g/mol.